The molecule has 2 aliphatic heterocycles. The number of urea groups is 1. The van der Waals surface area contributed by atoms with Crippen molar-refractivity contribution >= 4 is 35.0 Å². The molecule has 0 spiro atoms. The van der Waals surface area contributed by atoms with E-state index in [0.29, 0.717) is 30.2 Å². The number of aryl methyl sites for hydroxylation is 1. The molecule has 2 aliphatic rings. The first kappa shape index (κ1) is 24.3. The van der Waals surface area contributed by atoms with Gasteiger partial charge in [-0.15, -0.1) is 0 Å². The molecule has 1 fully saturated rings. The van der Waals surface area contributed by atoms with Crippen LogP contribution in [0.5, 0.6) is 5.75 Å². The number of para-hydroxylation sites is 2. The highest BCUT2D eigenvalue weighted by atomic mass is 16.5. The Bertz CT molecular complexity index is 1140. The molecule has 35 heavy (non-hydrogen) atoms. The zero-order chi connectivity index (χ0) is 25.1. The van der Waals surface area contributed by atoms with Gasteiger partial charge in [-0.3, -0.25) is 19.3 Å². The first-order chi connectivity index (χ1) is 16.7. The van der Waals surface area contributed by atoms with Gasteiger partial charge in [0.15, 0.2) is 0 Å². The lowest BCUT2D eigenvalue weighted by molar-refractivity contribution is -0.139. The zero-order valence-corrected chi connectivity index (χ0v) is 20.1. The fraction of sp³-hybridized carbons (Fsp3) is 0.385. The van der Waals surface area contributed by atoms with Crippen LogP contribution < -0.4 is 20.3 Å². The van der Waals surface area contributed by atoms with Crippen LogP contribution in [0.25, 0.3) is 0 Å². The number of piperidine rings is 1. The van der Waals surface area contributed by atoms with Crippen LogP contribution in [0, 0.1) is 18.8 Å². The Kier molecular flexibility index (Phi) is 7.04. The second kappa shape index (κ2) is 10.2. The Labute approximate surface area is 204 Å². The smallest absolute Gasteiger partial charge is 0.320 e. The minimum Gasteiger partial charge on any atom is -0.489 e. The summed E-state index contributed by atoms with van der Waals surface area (Å²) < 4.78 is 5.83. The molecule has 0 aromatic heterocycles. The van der Waals surface area contributed by atoms with Crippen LogP contribution in [0.3, 0.4) is 0 Å². The van der Waals surface area contributed by atoms with Crippen molar-refractivity contribution in [2.24, 2.45) is 11.8 Å². The van der Waals surface area contributed by atoms with E-state index in [2.05, 4.69) is 10.6 Å². The molecule has 184 valence electrons. The van der Waals surface area contributed by atoms with Crippen LogP contribution >= 0.6 is 0 Å². The van der Waals surface area contributed by atoms with Crippen molar-refractivity contribution in [1.29, 1.82) is 0 Å². The molecule has 2 unspecified atom stereocenters. The van der Waals surface area contributed by atoms with Crippen molar-refractivity contribution in [3.8, 4) is 5.75 Å². The third-order valence-electron chi connectivity index (χ3n) is 6.31. The molecule has 3 atom stereocenters. The van der Waals surface area contributed by atoms with E-state index in [0.717, 1.165) is 5.56 Å². The van der Waals surface area contributed by atoms with Gasteiger partial charge in [-0.25, -0.2) is 4.79 Å². The first-order valence-electron chi connectivity index (χ1n) is 11.7. The van der Waals surface area contributed by atoms with Gasteiger partial charge in [0.25, 0.3) is 5.91 Å². The third kappa shape index (κ3) is 5.45. The van der Waals surface area contributed by atoms with Crippen molar-refractivity contribution < 1.29 is 23.9 Å². The first-order valence-corrected chi connectivity index (χ1v) is 11.7. The number of fused-ring (bicyclic) bond motifs is 1. The van der Waals surface area contributed by atoms with Crippen molar-refractivity contribution in [2.45, 2.75) is 26.8 Å². The van der Waals surface area contributed by atoms with Crippen LogP contribution in [-0.4, -0.2) is 60.8 Å². The molecule has 1 saturated heterocycles. The minimum atomic E-state index is -0.999. The Balaban J connectivity index is 1.51. The summed E-state index contributed by atoms with van der Waals surface area (Å²) in [5.74, 6) is -0.619. The zero-order valence-electron chi connectivity index (χ0n) is 20.1. The van der Waals surface area contributed by atoms with Crippen LogP contribution in [0.2, 0.25) is 0 Å². The molecule has 2 N–H and O–H groups in total. The molecule has 2 aromatic rings. The molecular formula is C26H30N4O5. The van der Waals surface area contributed by atoms with Gasteiger partial charge in [0.2, 0.25) is 5.91 Å². The molecular weight excluding hydrogens is 448 g/mol. The van der Waals surface area contributed by atoms with Gasteiger partial charge in [-0.05, 0) is 36.8 Å². The molecule has 4 rings (SSSR count). The van der Waals surface area contributed by atoms with E-state index < -0.39 is 18.0 Å². The van der Waals surface area contributed by atoms with Crippen LogP contribution in [0.4, 0.5) is 16.2 Å². The molecule has 2 heterocycles. The number of Topliss-reactive ketones (excluding diaryl/α,β-unsaturated/α-hetero) is 1. The van der Waals surface area contributed by atoms with Crippen molar-refractivity contribution in [1.82, 2.24) is 10.2 Å². The normalized spacial score (nSPS) is 22.1. The average Bonchev–Trinajstić information content (AvgIpc) is 2.94. The summed E-state index contributed by atoms with van der Waals surface area (Å²) in [6.07, 6.45) is 0. The molecule has 9 nitrogen and oxygen atoms in total. The minimum absolute atomic E-state index is 0.0753. The maximum absolute atomic E-state index is 13.5. The van der Waals surface area contributed by atoms with E-state index >= 15 is 0 Å². The summed E-state index contributed by atoms with van der Waals surface area (Å²) in [5.41, 5.74) is 2.05. The van der Waals surface area contributed by atoms with Gasteiger partial charge in [-0.2, -0.15) is 0 Å². The van der Waals surface area contributed by atoms with Gasteiger partial charge < -0.3 is 20.3 Å². The highest BCUT2D eigenvalue weighted by Gasteiger charge is 2.37. The van der Waals surface area contributed by atoms with E-state index in [-0.39, 0.29) is 36.7 Å². The fourth-order valence-corrected chi connectivity index (χ4v) is 4.51. The summed E-state index contributed by atoms with van der Waals surface area (Å²) >= 11 is 0. The maximum atomic E-state index is 13.5. The Hall–Kier alpha value is -3.88. The molecule has 0 radical (unpaired) electrons. The number of anilines is 2. The van der Waals surface area contributed by atoms with Crippen molar-refractivity contribution in [3.63, 3.8) is 0 Å². The number of ketones is 1. The Morgan fingerprint density at radius 2 is 1.74 bits per heavy atom. The lowest BCUT2D eigenvalue weighted by atomic mass is 9.90. The molecule has 2 aromatic carbocycles. The van der Waals surface area contributed by atoms with E-state index in [9.17, 15) is 19.2 Å². The highest BCUT2D eigenvalue weighted by molar-refractivity contribution is 6.05. The lowest BCUT2D eigenvalue weighted by Crippen LogP contribution is -2.55. The Morgan fingerprint density at radius 1 is 1.03 bits per heavy atom. The number of likely N-dealkylation sites (tertiary alicyclic amines) is 1. The number of carbonyl (C=O) groups excluding carboxylic acids is 4. The number of hydrogen-bond acceptors (Lipinski definition) is 5. The SMILES string of the molecule is Cc1cccc(NC(=O)N[C@@H]2COc3ccccc3N(CC(=O)N3CC(C)C(=O)C(C)C3)C2=O)c1. The monoisotopic (exact) mass is 478 g/mol. The second-order valence-electron chi connectivity index (χ2n) is 9.23. The van der Waals surface area contributed by atoms with Crippen molar-refractivity contribution in [2.75, 3.05) is 36.5 Å². The van der Waals surface area contributed by atoms with E-state index in [4.69, 9.17) is 4.74 Å². The second-order valence-corrected chi connectivity index (χ2v) is 9.23. The summed E-state index contributed by atoms with van der Waals surface area (Å²) in [4.78, 5) is 54.5. The number of rotatable bonds is 4. The van der Waals surface area contributed by atoms with Gasteiger partial charge >= 0.3 is 6.03 Å². The molecule has 0 bridgehead atoms. The standard InChI is InChI=1S/C26H30N4O5/c1-16-7-6-8-19(11-16)27-26(34)28-20-15-35-22-10-5-4-9-21(22)30(25(20)33)14-23(31)29-12-17(2)24(32)18(3)13-29/h4-11,17-18,20H,12-15H2,1-3H3,(H2,27,28,34)/t17?,18?,20-/m1/s1. The Morgan fingerprint density at radius 3 is 2.46 bits per heavy atom. The van der Waals surface area contributed by atoms with E-state index in [1.807, 2.05) is 39.0 Å². The van der Waals surface area contributed by atoms with Crippen molar-refractivity contribution in [3.05, 3.63) is 54.1 Å². The number of ether oxygens (including phenoxy) is 1. The molecule has 9 heteroatoms. The van der Waals surface area contributed by atoms with E-state index in [1.165, 1.54) is 4.90 Å². The predicted molar refractivity (Wildman–Crippen MR) is 131 cm³/mol. The van der Waals surface area contributed by atoms with Crippen LogP contribution in [0.1, 0.15) is 19.4 Å². The van der Waals surface area contributed by atoms with Crippen LogP contribution in [-0.2, 0) is 14.4 Å². The lowest BCUT2D eigenvalue weighted by Gasteiger charge is -2.35. The number of nitrogens with zero attached hydrogens (tertiary/aromatic N) is 2. The summed E-state index contributed by atoms with van der Waals surface area (Å²) in [6.45, 7) is 5.89. The van der Waals surface area contributed by atoms with Gasteiger partial charge in [0, 0.05) is 30.6 Å². The molecule has 0 aliphatic carbocycles. The predicted octanol–water partition coefficient (Wildman–Crippen LogP) is 2.59. The quantitative estimate of drug-likeness (QED) is 0.702. The maximum Gasteiger partial charge on any atom is 0.320 e. The number of hydrogen-bond donors (Lipinski definition) is 2. The summed E-state index contributed by atoms with van der Waals surface area (Å²) in [6, 6.07) is 12.7. The van der Waals surface area contributed by atoms with E-state index in [1.54, 1.807) is 35.2 Å². The molecule has 0 saturated carbocycles. The fourth-order valence-electron chi connectivity index (χ4n) is 4.51. The topological polar surface area (TPSA) is 108 Å². The van der Waals surface area contributed by atoms with Crippen LogP contribution in [0.15, 0.2) is 48.5 Å². The number of nitrogens with one attached hydrogen (secondary N) is 2. The summed E-state index contributed by atoms with van der Waals surface area (Å²) in [7, 11) is 0. The third-order valence-corrected chi connectivity index (χ3v) is 6.31. The van der Waals surface area contributed by atoms with Gasteiger partial charge in [0.1, 0.15) is 30.7 Å². The van der Waals surface area contributed by atoms with Gasteiger partial charge in [-0.1, -0.05) is 38.1 Å². The number of amides is 4. The largest absolute Gasteiger partial charge is 0.489 e. The number of benzene rings is 2. The summed E-state index contributed by atoms with van der Waals surface area (Å²) in [5, 5.41) is 5.41. The van der Waals surface area contributed by atoms with Gasteiger partial charge in [0.05, 0.1) is 5.69 Å². The molecule has 4 amide bonds. The highest BCUT2D eigenvalue weighted by Crippen LogP contribution is 2.31. The number of carbonyl (C=O) groups is 4. The average molecular weight is 479 g/mol.